The molecule has 0 saturated carbocycles. The quantitative estimate of drug-likeness (QED) is 0.589. The highest BCUT2D eigenvalue weighted by atomic mass is 19.3. The van der Waals surface area contributed by atoms with Gasteiger partial charge in [0.2, 0.25) is 0 Å². The van der Waals surface area contributed by atoms with Gasteiger partial charge < -0.3 is 5.11 Å². The molecule has 0 saturated heterocycles. The molecule has 0 heterocycles. The van der Waals surface area contributed by atoms with E-state index in [0.717, 1.165) is 0 Å². The summed E-state index contributed by atoms with van der Waals surface area (Å²) in [7, 11) is 0. The van der Waals surface area contributed by atoms with Crippen LogP contribution >= 0.6 is 0 Å². The Balaban J connectivity index is 3.29. The first-order chi connectivity index (χ1) is 3.63. The Morgan fingerprint density at radius 2 is 2.25 bits per heavy atom. The summed E-state index contributed by atoms with van der Waals surface area (Å²) in [6, 6.07) is 0. The Labute approximate surface area is 46.6 Å². The predicted octanol–water partition coefficient (Wildman–Crippen LogP) is 1.54. The molecule has 1 atom stereocenters. The van der Waals surface area contributed by atoms with Crippen LogP contribution in [-0.4, -0.2) is 11.2 Å². The molecule has 48 valence electrons. The van der Waals surface area contributed by atoms with Gasteiger partial charge in [0.25, 0.3) is 6.08 Å². The van der Waals surface area contributed by atoms with Crippen LogP contribution < -0.4 is 0 Å². The number of aliphatic hydroxyl groups excluding tert-OH is 1. The van der Waals surface area contributed by atoms with Gasteiger partial charge in [0, 0.05) is 0 Å². The zero-order valence-electron chi connectivity index (χ0n) is 4.56. The molecule has 1 N–H and O–H groups in total. The molecule has 0 aliphatic rings. The van der Waals surface area contributed by atoms with Crippen LogP contribution in [0.15, 0.2) is 12.2 Å². The van der Waals surface area contributed by atoms with E-state index < -0.39 is 12.2 Å². The molecule has 0 spiro atoms. The van der Waals surface area contributed by atoms with E-state index >= 15 is 0 Å². The van der Waals surface area contributed by atoms with Crippen LogP contribution in [0.3, 0.4) is 0 Å². The lowest BCUT2D eigenvalue weighted by atomic mass is 10.3. The van der Waals surface area contributed by atoms with Crippen molar-refractivity contribution in [1.29, 1.82) is 0 Å². The largest absolute Gasteiger partial charge is 0.393 e. The molecule has 0 amide bonds. The van der Waals surface area contributed by atoms with Gasteiger partial charge in [0.15, 0.2) is 0 Å². The van der Waals surface area contributed by atoms with Gasteiger partial charge in [-0.05, 0) is 19.4 Å². The van der Waals surface area contributed by atoms with E-state index in [1.807, 2.05) is 0 Å². The normalized spacial score (nSPS) is 13.0. The second-order valence-electron chi connectivity index (χ2n) is 1.58. The van der Waals surface area contributed by atoms with Crippen molar-refractivity contribution in [3.63, 3.8) is 0 Å². The first-order valence-electron chi connectivity index (χ1n) is 2.32. The summed E-state index contributed by atoms with van der Waals surface area (Å²) in [6.45, 7) is 1.46. The third kappa shape index (κ3) is 5.56. The minimum atomic E-state index is -1.73. The van der Waals surface area contributed by atoms with Gasteiger partial charge in [-0.15, -0.1) is 0 Å². The van der Waals surface area contributed by atoms with Crippen molar-refractivity contribution in [2.24, 2.45) is 0 Å². The maximum absolute atomic E-state index is 11.1. The zero-order chi connectivity index (χ0) is 6.57. The lowest BCUT2D eigenvalue weighted by molar-refractivity contribution is 0.196. The van der Waals surface area contributed by atoms with Crippen LogP contribution in [-0.2, 0) is 0 Å². The molecular formula is C5H8F2O. The van der Waals surface area contributed by atoms with E-state index in [4.69, 9.17) is 5.11 Å². The van der Waals surface area contributed by atoms with Crippen LogP contribution in [0, 0.1) is 0 Å². The Bertz CT molecular complexity index is 84.4. The highest BCUT2D eigenvalue weighted by molar-refractivity contribution is 4.81. The van der Waals surface area contributed by atoms with Crippen LogP contribution in [0.1, 0.15) is 13.3 Å². The summed E-state index contributed by atoms with van der Waals surface area (Å²) in [5.41, 5.74) is 0. The van der Waals surface area contributed by atoms with E-state index in [0.29, 0.717) is 6.08 Å². The standard InChI is InChI=1S/C5H8F2O/c1-4(8)2-3-5(6)7/h3-4,8H,2H2,1H3. The summed E-state index contributed by atoms with van der Waals surface area (Å²) in [6.07, 6.45) is -1.67. The van der Waals surface area contributed by atoms with Gasteiger partial charge in [-0.2, -0.15) is 8.78 Å². The molecule has 0 aromatic carbocycles. The van der Waals surface area contributed by atoms with E-state index in [1.54, 1.807) is 0 Å². The van der Waals surface area contributed by atoms with Crippen molar-refractivity contribution in [3.8, 4) is 0 Å². The van der Waals surface area contributed by atoms with Gasteiger partial charge in [0.1, 0.15) is 0 Å². The van der Waals surface area contributed by atoms with Crippen molar-refractivity contribution < 1.29 is 13.9 Å². The third-order valence-electron chi connectivity index (χ3n) is 0.613. The topological polar surface area (TPSA) is 20.2 Å². The Morgan fingerprint density at radius 3 is 2.38 bits per heavy atom. The Hall–Kier alpha value is -0.440. The minimum Gasteiger partial charge on any atom is -0.393 e. The van der Waals surface area contributed by atoms with E-state index in [9.17, 15) is 8.78 Å². The Kier molecular flexibility index (Phi) is 3.35. The van der Waals surface area contributed by atoms with Crippen LogP contribution in [0.25, 0.3) is 0 Å². The van der Waals surface area contributed by atoms with Crippen LogP contribution in [0.5, 0.6) is 0 Å². The Morgan fingerprint density at radius 1 is 1.75 bits per heavy atom. The van der Waals surface area contributed by atoms with Crippen molar-refractivity contribution in [2.45, 2.75) is 19.4 Å². The lowest BCUT2D eigenvalue weighted by Crippen LogP contribution is -1.95. The molecule has 1 nitrogen and oxygen atoms in total. The van der Waals surface area contributed by atoms with Crippen LogP contribution in [0.2, 0.25) is 0 Å². The highest BCUT2D eigenvalue weighted by Crippen LogP contribution is 2.00. The smallest absolute Gasteiger partial charge is 0.266 e. The van der Waals surface area contributed by atoms with Crippen molar-refractivity contribution in [1.82, 2.24) is 0 Å². The molecule has 1 unspecified atom stereocenters. The van der Waals surface area contributed by atoms with Crippen LogP contribution in [0.4, 0.5) is 8.78 Å². The summed E-state index contributed by atoms with van der Waals surface area (Å²) in [4.78, 5) is 0. The maximum atomic E-state index is 11.1. The number of halogens is 2. The monoisotopic (exact) mass is 122 g/mol. The van der Waals surface area contributed by atoms with Crippen molar-refractivity contribution in [3.05, 3.63) is 12.2 Å². The third-order valence-corrected chi connectivity index (χ3v) is 0.613. The molecular weight excluding hydrogens is 114 g/mol. The molecule has 0 aliphatic heterocycles. The zero-order valence-corrected chi connectivity index (χ0v) is 4.56. The molecule has 8 heavy (non-hydrogen) atoms. The fourth-order valence-electron chi connectivity index (χ4n) is 0.260. The molecule has 0 aromatic rings. The summed E-state index contributed by atoms with van der Waals surface area (Å²) >= 11 is 0. The van der Waals surface area contributed by atoms with Gasteiger partial charge in [0.05, 0.1) is 6.10 Å². The van der Waals surface area contributed by atoms with E-state index in [2.05, 4.69) is 0 Å². The average Bonchev–Trinajstić information content (AvgIpc) is 1.61. The predicted molar refractivity (Wildman–Crippen MR) is 26.6 cm³/mol. The summed E-state index contributed by atoms with van der Waals surface area (Å²) in [5, 5.41) is 8.42. The molecule has 0 aromatic heterocycles. The average molecular weight is 122 g/mol. The fourth-order valence-corrected chi connectivity index (χ4v) is 0.260. The fraction of sp³-hybridized carbons (Fsp3) is 0.600. The van der Waals surface area contributed by atoms with Gasteiger partial charge in [-0.3, -0.25) is 0 Å². The summed E-state index contributed by atoms with van der Waals surface area (Å²) < 4.78 is 22.3. The number of rotatable bonds is 2. The lowest BCUT2D eigenvalue weighted by Gasteiger charge is -1.93. The number of hydrogen-bond acceptors (Lipinski definition) is 1. The summed E-state index contributed by atoms with van der Waals surface area (Å²) in [5.74, 6) is 0. The van der Waals surface area contributed by atoms with E-state index in [-0.39, 0.29) is 6.42 Å². The number of aliphatic hydroxyl groups is 1. The second-order valence-corrected chi connectivity index (χ2v) is 1.58. The van der Waals surface area contributed by atoms with E-state index in [1.165, 1.54) is 6.92 Å². The molecule has 0 aliphatic carbocycles. The first-order valence-corrected chi connectivity index (χ1v) is 2.32. The van der Waals surface area contributed by atoms with Gasteiger partial charge in [-0.25, -0.2) is 0 Å². The SMILES string of the molecule is CC(O)CC=C(F)F. The number of hydrogen-bond donors (Lipinski definition) is 1. The maximum Gasteiger partial charge on any atom is 0.266 e. The molecule has 0 rings (SSSR count). The highest BCUT2D eigenvalue weighted by Gasteiger charge is 1.92. The minimum absolute atomic E-state index is 0.0301. The van der Waals surface area contributed by atoms with Crippen molar-refractivity contribution >= 4 is 0 Å². The van der Waals surface area contributed by atoms with Crippen molar-refractivity contribution in [2.75, 3.05) is 0 Å². The molecule has 3 heteroatoms. The second kappa shape index (κ2) is 3.55. The molecule has 0 radical (unpaired) electrons. The molecule has 0 bridgehead atoms. The van der Waals surface area contributed by atoms with Gasteiger partial charge in [-0.1, -0.05) is 0 Å². The first kappa shape index (κ1) is 7.56. The molecule has 0 fully saturated rings. The van der Waals surface area contributed by atoms with Gasteiger partial charge >= 0.3 is 0 Å².